The molecule has 0 aliphatic heterocycles. The Morgan fingerprint density at radius 1 is 1.18 bits per heavy atom. The number of nitrogens with zero attached hydrogens (tertiary/aromatic N) is 1. The lowest BCUT2D eigenvalue weighted by molar-refractivity contribution is 0.136. The third-order valence-corrected chi connectivity index (χ3v) is 5.94. The molecule has 3 aromatic rings. The highest BCUT2D eigenvalue weighted by Crippen LogP contribution is 2.26. The summed E-state index contributed by atoms with van der Waals surface area (Å²) in [5.74, 6) is 0.445. The van der Waals surface area contributed by atoms with Gasteiger partial charge in [0.15, 0.2) is 4.34 Å². The van der Waals surface area contributed by atoms with Crippen LogP contribution in [0, 0.1) is 0 Å². The number of fused-ring (bicyclic) bond motifs is 1. The molecule has 1 heterocycles. The molecule has 1 atom stereocenters. The Kier molecular flexibility index (Phi) is 5.20. The molecule has 0 aliphatic rings. The molecule has 3 nitrogen and oxygen atoms in total. The van der Waals surface area contributed by atoms with E-state index in [-0.39, 0.29) is 0 Å². The molecule has 114 valence electrons. The third-order valence-electron chi connectivity index (χ3n) is 3.05. The van der Waals surface area contributed by atoms with Gasteiger partial charge >= 0.3 is 0 Å². The molecule has 0 radical (unpaired) electrons. The second kappa shape index (κ2) is 7.33. The van der Waals surface area contributed by atoms with Gasteiger partial charge in [-0.15, -0.1) is 11.3 Å². The van der Waals surface area contributed by atoms with Crippen LogP contribution < -0.4 is 0 Å². The molecule has 22 heavy (non-hydrogen) atoms. The van der Waals surface area contributed by atoms with E-state index in [0.717, 1.165) is 15.8 Å². The van der Waals surface area contributed by atoms with Gasteiger partial charge in [-0.3, -0.25) is 4.21 Å². The van der Waals surface area contributed by atoms with Crippen LogP contribution in [-0.2, 0) is 22.1 Å². The van der Waals surface area contributed by atoms with Gasteiger partial charge in [-0.05, 0) is 23.8 Å². The Hall–Kier alpha value is -1.27. The Morgan fingerprint density at radius 2 is 2.00 bits per heavy atom. The first-order valence-electron chi connectivity index (χ1n) is 6.78. The first kappa shape index (κ1) is 15.6. The standard InChI is InChI=1S/C16H14ClNO2S2/c17-13-6-7-15-14(10-13)18-16(21-15)22(19)9-8-20-11-12-4-2-1-3-5-12/h1-7,10H,8-9,11H2. The monoisotopic (exact) mass is 351 g/mol. The Morgan fingerprint density at radius 3 is 2.82 bits per heavy atom. The zero-order valence-corrected chi connectivity index (χ0v) is 14.1. The Labute approximate surface area is 140 Å². The van der Waals surface area contributed by atoms with Crippen LogP contribution in [0.5, 0.6) is 0 Å². The van der Waals surface area contributed by atoms with E-state index < -0.39 is 10.8 Å². The first-order chi connectivity index (χ1) is 10.7. The van der Waals surface area contributed by atoms with E-state index in [1.807, 2.05) is 42.5 Å². The third kappa shape index (κ3) is 3.93. The summed E-state index contributed by atoms with van der Waals surface area (Å²) in [7, 11) is -1.14. The number of rotatable bonds is 6. The molecule has 0 N–H and O–H groups in total. The highest BCUT2D eigenvalue weighted by molar-refractivity contribution is 7.87. The molecule has 0 saturated heterocycles. The zero-order valence-electron chi connectivity index (χ0n) is 11.7. The number of hydrogen-bond acceptors (Lipinski definition) is 4. The average molecular weight is 352 g/mol. The van der Waals surface area contributed by atoms with E-state index in [9.17, 15) is 4.21 Å². The van der Waals surface area contributed by atoms with Crippen molar-refractivity contribution in [3.8, 4) is 0 Å². The van der Waals surface area contributed by atoms with Gasteiger partial charge in [0.1, 0.15) is 0 Å². The quantitative estimate of drug-likeness (QED) is 0.622. The van der Waals surface area contributed by atoms with E-state index in [4.69, 9.17) is 16.3 Å². The predicted molar refractivity (Wildman–Crippen MR) is 92.0 cm³/mol. The largest absolute Gasteiger partial charge is 0.376 e. The average Bonchev–Trinajstić information content (AvgIpc) is 2.95. The van der Waals surface area contributed by atoms with Crippen molar-refractivity contribution in [1.29, 1.82) is 0 Å². The molecule has 3 rings (SSSR count). The lowest BCUT2D eigenvalue weighted by atomic mass is 10.2. The lowest BCUT2D eigenvalue weighted by Crippen LogP contribution is -2.06. The van der Waals surface area contributed by atoms with Crippen LogP contribution in [0.1, 0.15) is 5.56 Å². The van der Waals surface area contributed by atoms with Crippen LogP contribution in [0.4, 0.5) is 0 Å². The van der Waals surface area contributed by atoms with Crippen LogP contribution in [0.25, 0.3) is 10.2 Å². The number of aromatic nitrogens is 1. The van der Waals surface area contributed by atoms with Crippen molar-refractivity contribution in [2.45, 2.75) is 10.9 Å². The molecular weight excluding hydrogens is 338 g/mol. The fourth-order valence-corrected chi connectivity index (χ4v) is 4.34. The number of ether oxygens (including phenoxy) is 1. The fraction of sp³-hybridized carbons (Fsp3) is 0.188. The molecule has 0 saturated carbocycles. The van der Waals surface area contributed by atoms with Crippen LogP contribution in [0.2, 0.25) is 5.02 Å². The van der Waals surface area contributed by atoms with Crippen LogP contribution in [0.15, 0.2) is 52.9 Å². The molecule has 0 aliphatic carbocycles. The number of benzene rings is 2. The first-order valence-corrected chi connectivity index (χ1v) is 9.30. The van der Waals surface area contributed by atoms with E-state index in [0.29, 0.717) is 28.3 Å². The molecule has 1 unspecified atom stereocenters. The maximum Gasteiger partial charge on any atom is 0.181 e. The normalized spacial score (nSPS) is 12.6. The molecule has 0 spiro atoms. The van der Waals surface area contributed by atoms with Crippen molar-refractivity contribution < 1.29 is 8.95 Å². The molecular formula is C16H14ClNO2S2. The second-order valence-electron chi connectivity index (χ2n) is 4.68. The summed E-state index contributed by atoms with van der Waals surface area (Å²) in [5.41, 5.74) is 1.91. The van der Waals surface area contributed by atoms with Gasteiger partial charge < -0.3 is 4.74 Å². The van der Waals surface area contributed by atoms with Crippen molar-refractivity contribution in [2.24, 2.45) is 0 Å². The summed E-state index contributed by atoms with van der Waals surface area (Å²) < 4.78 is 19.4. The van der Waals surface area contributed by atoms with E-state index >= 15 is 0 Å². The summed E-state index contributed by atoms with van der Waals surface area (Å²) in [5, 5.41) is 0.640. The van der Waals surface area contributed by atoms with E-state index in [1.54, 1.807) is 6.07 Å². The summed E-state index contributed by atoms with van der Waals surface area (Å²) in [6.45, 7) is 0.978. The van der Waals surface area contributed by atoms with Crippen molar-refractivity contribution in [2.75, 3.05) is 12.4 Å². The van der Waals surface area contributed by atoms with Gasteiger partial charge in [-0.2, -0.15) is 0 Å². The highest BCUT2D eigenvalue weighted by Gasteiger charge is 2.11. The van der Waals surface area contributed by atoms with Crippen LogP contribution in [0.3, 0.4) is 0 Å². The van der Waals surface area contributed by atoms with Gasteiger partial charge in [0.25, 0.3) is 0 Å². The lowest BCUT2D eigenvalue weighted by Gasteiger charge is -2.03. The second-order valence-corrected chi connectivity index (χ2v) is 7.89. The smallest absolute Gasteiger partial charge is 0.181 e. The predicted octanol–water partition coefficient (Wildman–Crippen LogP) is 4.27. The number of hydrogen-bond donors (Lipinski definition) is 0. The van der Waals surface area contributed by atoms with Gasteiger partial charge in [0.05, 0.1) is 40.0 Å². The number of halogens is 1. The summed E-state index contributed by atoms with van der Waals surface area (Å²) in [6, 6.07) is 15.5. The maximum absolute atomic E-state index is 12.3. The Balaban J connectivity index is 1.54. The summed E-state index contributed by atoms with van der Waals surface area (Å²) in [6.07, 6.45) is 0. The minimum atomic E-state index is -1.14. The van der Waals surface area contributed by atoms with Crippen LogP contribution in [-0.4, -0.2) is 21.6 Å². The van der Waals surface area contributed by atoms with Gasteiger partial charge in [-0.1, -0.05) is 41.9 Å². The van der Waals surface area contributed by atoms with Crippen molar-refractivity contribution in [3.63, 3.8) is 0 Å². The molecule has 1 aromatic heterocycles. The zero-order chi connectivity index (χ0) is 15.4. The summed E-state index contributed by atoms with van der Waals surface area (Å²) in [4.78, 5) is 4.39. The van der Waals surface area contributed by atoms with E-state index in [1.165, 1.54) is 11.3 Å². The topological polar surface area (TPSA) is 39.2 Å². The van der Waals surface area contributed by atoms with Gasteiger partial charge in [0, 0.05) is 5.02 Å². The highest BCUT2D eigenvalue weighted by atomic mass is 35.5. The van der Waals surface area contributed by atoms with Crippen molar-refractivity contribution in [1.82, 2.24) is 4.98 Å². The van der Waals surface area contributed by atoms with Gasteiger partial charge in [-0.25, -0.2) is 4.98 Å². The minimum Gasteiger partial charge on any atom is -0.376 e. The maximum atomic E-state index is 12.3. The molecule has 2 aromatic carbocycles. The minimum absolute atomic E-state index is 0.443. The number of thiazole rings is 1. The van der Waals surface area contributed by atoms with E-state index in [2.05, 4.69) is 4.98 Å². The fourth-order valence-electron chi connectivity index (χ4n) is 1.96. The molecule has 6 heteroatoms. The molecule has 0 amide bonds. The van der Waals surface area contributed by atoms with Crippen molar-refractivity contribution in [3.05, 3.63) is 59.1 Å². The molecule has 0 bridgehead atoms. The Bertz CT molecular complexity index is 789. The van der Waals surface area contributed by atoms with Gasteiger partial charge in [0.2, 0.25) is 0 Å². The SMILES string of the molecule is O=S(CCOCc1ccccc1)c1nc2cc(Cl)ccc2s1. The van der Waals surface area contributed by atoms with Crippen LogP contribution >= 0.6 is 22.9 Å². The molecule has 0 fully saturated rings. The summed E-state index contributed by atoms with van der Waals surface area (Å²) >= 11 is 7.38. The van der Waals surface area contributed by atoms with Crippen molar-refractivity contribution >= 4 is 44.0 Å².